The van der Waals surface area contributed by atoms with Gasteiger partial charge in [0.2, 0.25) is 10.0 Å². The zero-order chi connectivity index (χ0) is 14.2. The van der Waals surface area contributed by atoms with Gasteiger partial charge in [-0.3, -0.25) is 4.79 Å². The zero-order valence-electron chi connectivity index (χ0n) is 9.71. The summed E-state index contributed by atoms with van der Waals surface area (Å²) >= 11 is 11.6. The van der Waals surface area contributed by atoms with Crippen LogP contribution in [-0.2, 0) is 14.8 Å². The van der Waals surface area contributed by atoms with Gasteiger partial charge in [0.15, 0.2) is 0 Å². The fraction of sp³-hybridized carbons (Fsp3) is 0.364. The van der Waals surface area contributed by atoms with E-state index in [-0.39, 0.29) is 21.5 Å². The van der Waals surface area contributed by atoms with Crippen molar-refractivity contribution < 1.29 is 18.3 Å². The van der Waals surface area contributed by atoms with E-state index in [2.05, 4.69) is 0 Å². The third-order valence-corrected chi connectivity index (χ3v) is 5.59. The number of rotatable bonds is 3. The highest BCUT2D eigenvalue weighted by atomic mass is 35.5. The Balaban J connectivity index is 2.48. The van der Waals surface area contributed by atoms with Gasteiger partial charge in [0.1, 0.15) is 10.9 Å². The Bertz CT molecular complexity index is 617. The van der Waals surface area contributed by atoms with Crippen molar-refractivity contribution >= 4 is 39.2 Å². The number of benzene rings is 1. The van der Waals surface area contributed by atoms with Crippen LogP contribution in [-0.4, -0.2) is 36.4 Å². The van der Waals surface area contributed by atoms with Crippen LogP contribution in [0.2, 0.25) is 10.0 Å². The average Bonchev–Trinajstić information content (AvgIpc) is 2.82. The summed E-state index contributed by atoms with van der Waals surface area (Å²) < 4.78 is 25.8. The zero-order valence-corrected chi connectivity index (χ0v) is 12.0. The van der Waals surface area contributed by atoms with Gasteiger partial charge in [0, 0.05) is 11.6 Å². The summed E-state index contributed by atoms with van der Waals surface area (Å²) in [6.45, 7) is 0.169. The number of halogens is 2. The molecule has 104 valence electrons. The van der Waals surface area contributed by atoms with E-state index in [1.165, 1.54) is 18.2 Å². The van der Waals surface area contributed by atoms with Gasteiger partial charge >= 0.3 is 5.97 Å². The highest BCUT2D eigenvalue weighted by Crippen LogP contribution is 2.31. The van der Waals surface area contributed by atoms with Crippen molar-refractivity contribution in [1.82, 2.24) is 4.31 Å². The summed E-state index contributed by atoms with van der Waals surface area (Å²) in [7, 11) is -3.95. The van der Waals surface area contributed by atoms with Crippen LogP contribution in [0.4, 0.5) is 0 Å². The van der Waals surface area contributed by atoms with Crippen molar-refractivity contribution in [3.63, 3.8) is 0 Å². The molecule has 0 spiro atoms. The molecule has 1 aromatic carbocycles. The lowest BCUT2D eigenvalue weighted by atomic mass is 10.2. The number of carboxylic acid groups (broad SMARTS) is 1. The lowest BCUT2D eigenvalue weighted by molar-refractivity contribution is -0.140. The van der Waals surface area contributed by atoms with Crippen molar-refractivity contribution in [1.29, 1.82) is 0 Å². The fourth-order valence-corrected chi connectivity index (χ4v) is 4.47. The van der Waals surface area contributed by atoms with Gasteiger partial charge in [-0.25, -0.2) is 8.42 Å². The summed E-state index contributed by atoms with van der Waals surface area (Å²) in [5.41, 5.74) is 0. The molecular weight excluding hydrogens is 313 g/mol. The van der Waals surface area contributed by atoms with Gasteiger partial charge in [-0.2, -0.15) is 4.31 Å². The molecule has 5 nitrogen and oxygen atoms in total. The Kier molecular flexibility index (Phi) is 4.06. The molecule has 0 saturated carbocycles. The maximum absolute atomic E-state index is 12.4. The number of hydrogen-bond acceptors (Lipinski definition) is 3. The van der Waals surface area contributed by atoms with E-state index in [0.29, 0.717) is 12.8 Å². The molecule has 1 atom stereocenters. The molecule has 2 rings (SSSR count). The van der Waals surface area contributed by atoms with Crippen LogP contribution in [0.15, 0.2) is 23.1 Å². The SMILES string of the molecule is O=C(O)[C@H]1CCCN1S(=O)(=O)c1cc(Cl)ccc1Cl. The molecule has 0 radical (unpaired) electrons. The number of nitrogens with zero attached hydrogens (tertiary/aromatic N) is 1. The van der Waals surface area contributed by atoms with Crippen molar-refractivity contribution in [3.8, 4) is 0 Å². The molecule has 0 bridgehead atoms. The van der Waals surface area contributed by atoms with Crippen LogP contribution >= 0.6 is 23.2 Å². The van der Waals surface area contributed by atoms with E-state index < -0.39 is 22.0 Å². The minimum absolute atomic E-state index is 0.0282. The normalized spacial score (nSPS) is 20.6. The van der Waals surface area contributed by atoms with Crippen LogP contribution < -0.4 is 0 Å². The molecule has 1 saturated heterocycles. The molecule has 0 aliphatic carbocycles. The molecule has 1 N–H and O–H groups in total. The first-order valence-electron chi connectivity index (χ1n) is 5.54. The van der Waals surface area contributed by atoms with Gasteiger partial charge < -0.3 is 5.11 Å². The Labute approximate surface area is 120 Å². The van der Waals surface area contributed by atoms with Gasteiger partial charge in [-0.15, -0.1) is 0 Å². The van der Waals surface area contributed by atoms with Crippen LogP contribution in [0, 0.1) is 0 Å². The van der Waals surface area contributed by atoms with Gasteiger partial charge in [0.05, 0.1) is 5.02 Å². The molecule has 1 fully saturated rings. The highest BCUT2D eigenvalue weighted by molar-refractivity contribution is 7.89. The van der Waals surface area contributed by atoms with E-state index in [1.54, 1.807) is 0 Å². The predicted octanol–water partition coefficient (Wildman–Crippen LogP) is 2.23. The second kappa shape index (κ2) is 5.28. The minimum Gasteiger partial charge on any atom is -0.480 e. The van der Waals surface area contributed by atoms with E-state index in [1.807, 2.05) is 0 Å². The summed E-state index contributed by atoms with van der Waals surface area (Å²) in [6.07, 6.45) is 0.807. The fourth-order valence-electron chi connectivity index (χ4n) is 2.08. The smallest absolute Gasteiger partial charge is 0.322 e. The van der Waals surface area contributed by atoms with Crippen molar-refractivity contribution in [3.05, 3.63) is 28.2 Å². The number of carbonyl (C=O) groups is 1. The lowest BCUT2D eigenvalue weighted by Crippen LogP contribution is -2.40. The standard InChI is InChI=1S/C11H11Cl2NO4S/c12-7-3-4-8(13)10(6-7)19(17,18)14-5-1-2-9(14)11(15)16/h3-4,6,9H,1-2,5H2,(H,15,16)/t9-/m1/s1. The van der Waals surface area contributed by atoms with E-state index in [9.17, 15) is 13.2 Å². The van der Waals surface area contributed by atoms with Crippen LogP contribution in [0.25, 0.3) is 0 Å². The third kappa shape index (κ3) is 2.72. The monoisotopic (exact) mass is 323 g/mol. The molecule has 0 unspecified atom stereocenters. The molecule has 19 heavy (non-hydrogen) atoms. The topological polar surface area (TPSA) is 74.7 Å². The lowest BCUT2D eigenvalue weighted by Gasteiger charge is -2.21. The first kappa shape index (κ1) is 14.6. The third-order valence-electron chi connectivity index (χ3n) is 2.97. The largest absolute Gasteiger partial charge is 0.480 e. The van der Waals surface area contributed by atoms with Gasteiger partial charge in [-0.05, 0) is 31.0 Å². The second-order valence-corrected chi connectivity index (χ2v) is 6.89. The maximum atomic E-state index is 12.4. The van der Waals surface area contributed by atoms with E-state index >= 15 is 0 Å². The van der Waals surface area contributed by atoms with Gasteiger partial charge in [-0.1, -0.05) is 23.2 Å². The summed E-state index contributed by atoms with van der Waals surface area (Å²) in [4.78, 5) is 10.9. The molecule has 1 aliphatic heterocycles. The molecule has 8 heteroatoms. The highest BCUT2D eigenvalue weighted by Gasteiger charge is 2.40. The molecule has 0 aromatic heterocycles. The molecular formula is C11H11Cl2NO4S. The predicted molar refractivity (Wildman–Crippen MR) is 71.0 cm³/mol. The molecule has 1 aliphatic rings. The van der Waals surface area contributed by atoms with Crippen molar-refractivity contribution in [2.75, 3.05) is 6.54 Å². The van der Waals surface area contributed by atoms with E-state index in [0.717, 1.165) is 4.31 Å². The van der Waals surface area contributed by atoms with Crippen LogP contribution in [0.1, 0.15) is 12.8 Å². The Morgan fingerprint density at radius 1 is 1.37 bits per heavy atom. The summed E-state index contributed by atoms with van der Waals surface area (Å²) in [5.74, 6) is -1.15. The van der Waals surface area contributed by atoms with Crippen LogP contribution in [0.3, 0.4) is 0 Å². The first-order chi connectivity index (χ1) is 8.84. The van der Waals surface area contributed by atoms with Crippen molar-refractivity contribution in [2.45, 2.75) is 23.8 Å². The Hall–Kier alpha value is -0.820. The number of sulfonamides is 1. The average molecular weight is 324 g/mol. The Morgan fingerprint density at radius 3 is 2.68 bits per heavy atom. The first-order valence-corrected chi connectivity index (χ1v) is 7.73. The number of aliphatic carboxylic acids is 1. The summed E-state index contributed by atoms with van der Waals surface area (Å²) in [5, 5.41) is 9.31. The Morgan fingerprint density at radius 2 is 2.05 bits per heavy atom. The number of hydrogen-bond donors (Lipinski definition) is 1. The second-order valence-electron chi connectivity index (χ2n) is 4.19. The number of carboxylic acids is 1. The summed E-state index contributed by atoms with van der Waals surface area (Å²) in [6, 6.07) is 3.04. The van der Waals surface area contributed by atoms with Crippen LogP contribution in [0.5, 0.6) is 0 Å². The van der Waals surface area contributed by atoms with Gasteiger partial charge in [0.25, 0.3) is 0 Å². The molecule has 1 aromatic rings. The molecule has 1 heterocycles. The molecule has 0 amide bonds. The van der Waals surface area contributed by atoms with Crippen molar-refractivity contribution in [2.24, 2.45) is 0 Å². The minimum atomic E-state index is -3.95. The quantitative estimate of drug-likeness (QED) is 0.925. The maximum Gasteiger partial charge on any atom is 0.322 e. The van der Waals surface area contributed by atoms with E-state index in [4.69, 9.17) is 28.3 Å².